The largest absolute Gasteiger partial charge is 0.506 e. The predicted molar refractivity (Wildman–Crippen MR) is 235 cm³/mol. The summed E-state index contributed by atoms with van der Waals surface area (Å²) in [7, 11) is 0. The number of hydrogen-bond acceptors (Lipinski definition) is 15. The number of carbonyl (C=O) groups is 3. The topological polar surface area (TPSA) is 221 Å². The van der Waals surface area contributed by atoms with Gasteiger partial charge in [-0.05, 0) is 93.3 Å². The maximum Gasteiger partial charge on any atom is 0.349 e. The first kappa shape index (κ1) is 47.6. The van der Waals surface area contributed by atoms with Crippen LogP contribution in [0.2, 0.25) is 0 Å². The zero-order chi connectivity index (χ0) is 46.6. The van der Waals surface area contributed by atoms with Crippen molar-refractivity contribution in [1.29, 1.82) is 15.8 Å². The lowest BCUT2D eigenvalue weighted by Gasteiger charge is -2.37. The molecule has 3 aliphatic heterocycles. The normalized spacial score (nSPS) is 24.3. The fourth-order valence-corrected chi connectivity index (χ4v) is 10.0. The van der Waals surface area contributed by atoms with Crippen LogP contribution in [-0.4, -0.2) is 107 Å². The van der Waals surface area contributed by atoms with E-state index >= 15 is 0 Å². The quantitative estimate of drug-likeness (QED) is 0.0738. The van der Waals surface area contributed by atoms with Gasteiger partial charge in [0.05, 0.1) is 23.0 Å². The van der Waals surface area contributed by atoms with Gasteiger partial charge in [0.25, 0.3) is 0 Å². The predicted octanol–water partition coefficient (Wildman–Crippen LogP) is 7.75. The first-order valence-corrected chi connectivity index (χ1v) is 22.7. The van der Waals surface area contributed by atoms with Gasteiger partial charge in [-0.15, -0.1) is 0 Å². The van der Waals surface area contributed by atoms with Crippen molar-refractivity contribution in [1.82, 2.24) is 14.7 Å². The lowest BCUT2D eigenvalue weighted by Crippen LogP contribution is -2.32. The SMILES string of the molecule is CC1(C)CC(N2CCCC2)=C(O)/C(=C(\C#N)C(=O)OCC(COC(=O)/C(C#N)=C2\CC(C)(C)CC(N3CCCC3)=C2O)COC(=O)/C(C#N)=C2\CC(C)(C)CC(N3CCCC3)=C2O)C1. The molecule has 0 aromatic carbocycles. The van der Waals surface area contributed by atoms with Gasteiger partial charge in [0.15, 0.2) is 0 Å². The third kappa shape index (κ3) is 10.7. The van der Waals surface area contributed by atoms with Crippen molar-refractivity contribution < 1.29 is 43.9 Å². The van der Waals surface area contributed by atoms with Gasteiger partial charge in [-0.2, -0.15) is 15.8 Å². The van der Waals surface area contributed by atoms with Crippen molar-refractivity contribution in [2.45, 2.75) is 119 Å². The highest BCUT2D eigenvalue weighted by Crippen LogP contribution is 2.46. The highest BCUT2D eigenvalue weighted by molar-refractivity contribution is 5.96. The van der Waals surface area contributed by atoms with E-state index in [4.69, 9.17) is 14.2 Å². The number of aliphatic hydroxyl groups excluding tert-OH is 3. The van der Waals surface area contributed by atoms with Gasteiger partial charge in [-0.25, -0.2) is 14.4 Å². The van der Waals surface area contributed by atoms with Gasteiger partial charge < -0.3 is 44.2 Å². The van der Waals surface area contributed by atoms with Crippen molar-refractivity contribution in [3.63, 3.8) is 0 Å². The smallest absolute Gasteiger partial charge is 0.349 e. The van der Waals surface area contributed by atoms with E-state index in [1.165, 1.54) is 0 Å². The molecule has 64 heavy (non-hydrogen) atoms. The molecule has 6 rings (SSSR count). The van der Waals surface area contributed by atoms with Crippen LogP contribution in [0.4, 0.5) is 0 Å². The summed E-state index contributed by atoms with van der Waals surface area (Å²) in [5.74, 6) is -4.52. The van der Waals surface area contributed by atoms with E-state index in [1.807, 2.05) is 59.8 Å². The Balaban J connectivity index is 1.28. The molecule has 0 aromatic rings. The molecule has 0 unspecified atom stereocenters. The molecular formula is C49H64N6O9. The molecule has 3 aliphatic carbocycles. The summed E-state index contributed by atoms with van der Waals surface area (Å²) < 4.78 is 17.0. The Kier molecular flexibility index (Phi) is 14.5. The van der Waals surface area contributed by atoms with Gasteiger partial charge >= 0.3 is 17.9 Å². The molecular weight excluding hydrogens is 817 g/mol. The second-order valence-corrected chi connectivity index (χ2v) is 20.6. The van der Waals surface area contributed by atoms with Crippen LogP contribution in [-0.2, 0) is 28.6 Å². The van der Waals surface area contributed by atoms with Crippen LogP contribution in [0.15, 0.2) is 67.8 Å². The van der Waals surface area contributed by atoms with Crippen LogP contribution in [0.3, 0.4) is 0 Å². The lowest BCUT2D eigenvalue weighted by molar-refractivity contribution is -0.148. The Morgan fingerprint density at radius 2 is 0.719 bits per heavy atom. The van der Waals surface area contributed by atoms with Crippen LogP contribution in [0.25, 0.3) is 0 Å². The summed E-state index contributed by atoms with van der Waals surface area (Å²) >= 11 is 0. The summed E-state index contributed by atoms with van der Waals surface area (Å²) in [5.41, 5.74) is 0.249. The third-order valence-corrected chi connectivity index (χ3v) is 13.2. The minimum Gasteiger partial charge on any atom is -0.506 e. The first-order valence-electron chi connectivity index (χ1n) is 22.7. The molecule has 15 nitrogen and oxygen atoms in total. The second-order valence-electron chi connectivity index (χ2n) is 20.6. The Hall–Kier alpha value is -5.88. The van der Waals surface area contributed by atoms with Gasteiger partial charge in [-0.3, -0.25) is 0 Å². The average Bonchev–Trinajstić information content (AvgIpc) is 4.07. The maximum atomic E-state index is 13.8. The Morgan fingerprint density at radius 1 is 0.484 bits per heavy atom. The average molecular weight is 881 g/mol. The molecule has 3 fully saturated rings. The molecule has 3 heterocycles. The molecule has 0 spiro atoms. The van der Waals surface area contributed by atoms with E-state index in [0.717, 1.165) is 77.8 Å². The van der Waals surface area contributed by atoms with Crippen LogP contribution in [0.5, 0.6) is 0 Å². The fraction of sp³-hybridized carbons (Fsp3) is 0.633. The number of nitriles is 3. The lowest BCUT2D eigenvalue weighted by atomic mass is 9.75. The standard InChI is InChI=1S/C49H64N6O9/c1-47(2)19-32(41(56)38(22-47)53-13-7-8-14-53)35(25-50)44(59)62-28-31(29-63-45(60)36(26-51)33-20-48(3,4)23-39(42(33)57)54-15-9-10-16-54)30-64-46(61)37(27-52)34-21-49(5,6)24-40(43(34)58)55-17-11-12-18-55/h31,56-58H,7-24,28-30H2,1-6H3/b35-32+,36-33+,37-34+. The van der Waals surface area contributed by atoms with Gasteiger partial charge in [0.1, 0.15) is 72.0 Å². The Bertz CT molecular complexity index is 1970. The number of aliphatic hydroxyl groups is 3. The van der Waals surface area contributed by atoms with Crippen molar-refractivity contribution in [3.8, 4) is 18.2 Å². The summed E-state index contributed by atoms with van der Waals surface area (Å²) in [6.45, 7) is 14.9. The number of nitrogens with zero attached hydrogens (tertiary/aromatic N) is 6. The number of allylic oxidation sites excluding steroid dienone is 6. The molecule has 344 valence electrons. The molecule has 6 aliphatic rings. The molecule has 0 radical (unpaired) electrons. The number of esters is 3. The zero-order valence-corrected chi connectivity index (χ0v) is 38.4. The van der Waals surface area contributed by atoms with Crippen molar-refractivity contribution in [2.24, 2.45) is 22.2 Å². The molecule has 3 saturated heterocycles. The number of likely N-dealkylation sites (tertiary alicyclic amines) is 3. The molecule has 0 atom stereocenters. The minimum atomic E-state index is -1.07. The minimum absolute atomic E-state index is 0.115. The highest BCUT2D eigenvalue weighted by Gasteiger charge is 2.40. The van der Waals surface area contributed by atoms with Crippen molar-refractivity contribution >= 4 is 17.9 Å². The molecule has 0 bridgehead atoms. The van der Waals surface area contributed by atoms with Gasteiger partial charge in [0, 0.05) is 56.0 Å². The van der Waals surface area contributed by atoms with E-state index in [0.29, 0.717) is 36.4 Å². The second kappa shape index (κ2) is 19.5. The number of hydrogen-bond donors (Lipinski definition) is 3. The summed E-state index contributed by atoms with van der Waals surface area (Å²) in [6.07, 6.45) is 8.17. The maximum absolute atomic E-state index is 13.8. The Morgan fingerprint density at radius 3 is 0.938 bits per heavy atom. The molecule has 3 N–H and O–H groups in total. The molecule has 0 aromatic heterocycles. The fourth-order valence-electron chi connectivity index (χ4n) is 10.0. The third-order valence-electron chi connectivity index (χ3n) is 13.2. The Labute approximate surface area is 377 Å². The monoisotopic (exact) mass is 880 g/mol. The van der Waals surface area contributed by atoms with Gasteiger partial charge in [0.2, 0.25) is 0 Å². The summed E-state index contributed by atoms with van der Waals surface area (Å²) in [6, 6.07) is 5.81. The van der Waals surface area contributed by atoms with Crippen LogP contribution in [0.1, 0.15) is 119 Å². The molecule has 15 heteroatoms. The van der Waals surface area contributed by atoms with Crippen molar-refractivity contribution in [2.75, 3.05) is 59.1 Å². The number of carbonyl (C=O) groups excluding carboxylic acids is 3. The van der Waals surface area contributed by atoms with Gasteiger partial charge in [-0.1, -0.05) is 41.5 Å². The molecule has 0 amide bonds. The highest BCUT2D eigenvalue weighted by atomic mass is 16.6. The van der Waals surface area contributed by atoms with Crippen LogP contribution < -0.4 is 0 Å². The number of ether oxygens (including phenoxy) is 3. The molecule has 0 saturated carbocycles. The number of rotatable bonds is 12. The summed E-state index contributed by atoms with van der Waals surface area (Å²) in [4.78, 5) is 47.6. The van der Waals surface area contributed by atoms with Crippen molar-refractivity contribution in [3.05, 3.63) is 67.8 Å². The van der Waals surface area contributed by atoms with E-state index in [-0.39, 0.29) is 86.2 Å². The van der Waals surface area contributed by atoms with Crippen LogP contribution >= 0.6 is 0 Å². The van der Waals surface area contributed by atoms with E-state index in [1.54, 1.807) is 0 Å². The van der Waals surface area contributed by atoms with E-state index in [9.17, 15) is 45.5 Å². The first-order chi connectivity index (χ1) is 30.3. The zero-order valence-electron chi connectivity index (χ0n) is 38.4. The van der Waals surface area contributed by atoms with E-state index in [2.05, 4.69) is 14.7 Å². The van der Waals surface area contributed by atoms with E-state index < -0.39 is 43.6 Å². The van der Waals surface area contributed by atoms with Crippen LogP contribution in [0, 0.1) is 56.2 Å². The summed E-state index contributed by atoms with van der Waals surface area (Å²) in [5, 5.41) is 65.3.